The van der Waals surface area contributed by atoms with Gasteiger partial charge in [0.15, 0.2) is 0 Å². The van der Waals surface area contributed by atoms with Crippen LogP contribution < -0.4 is 0 Å². The largest absolute Gasteiger partial charge is 0.444 e. The number of aromatic nitrogens is 4. The van der Waals surface area contributed by atoms with Gasteiger partial charge in [-0.1, -0.05) is 11.6 Å². The molecule has 4 heterocycles. The molecule has 28 heavy (non-hydrogen) atoms. The number of nitrogens with zero attached hydrogens (tertiary/aromatic N) is 5. The molecule has 0 radical (unpaired) electrons. The Hall–Kier alpha value is -2.67. The molecule has 1 aliphatic rings. The second kappa shape index (κ2) is 7.05. The van der Waals surface area contributed by atoms with Gasteiger partial charge >= 0.3 is 6.09 Å². The first-order valence-electron chi connectivity index (χ1n) is 9.23. The van der Waals surface area contributed by atoms with E-state index in [0.717, 1.165) is 28.6 Å². The van der Waals surface area contributed by atoms with Crippen molar-refractivity contribution in [2.45, 2.75) is 38.8 Å². The lowest BCUT2D eigenvalue weighted by atomic mass is 10.1. The van der Waals surface area contributed by atoms with Gasteiger partial charge in [0.2, 0.25) is 0 Å². The van der Waals surface area contributed by atoms with Gasteiger partial charge in [-0.15, -0.1) is 0 Å². The Bertz CT molecular complexity index is 1030. The van der Waals surface area contributed by atoms with Gasteiger partial charge in [-0.05, 0) is 45.4 Å². The molecule has 0 spiro atoms. The zero-order chi connectivity index (χ0) is 19.9. The lowest BCUT2D eigenvalue weighted by molar-refractivity contribution is 0.0288. The third-order valence-corrected chi connectivity index (χ3v) is 4.84. The Morgan fingerprint density at radius 3 is 2.82 bits per heavy atom. The molecule has 0 bridgehead atoms. The Labute approximate surface area is 168 Å². The summed E-state index contributed by atoms with van der Waals surface area (Å²) in [5.41, 5.74) is 2.93. The lowest BCUT2D eigenvalue weighted by Gasteiger charge is -2.24. The van der Waals surface area contributed by atoms with Crippen LogP contribution in [0.15, 0.2) is 36.8 Å². The van der Waals surface area contributed by atoms with E-state index in [4.69, 9.17) is 16.3 Å². The van der Waals surface area contributed by atoms with E-state index in [1.54, 1.807) is 17.2 Å². The molecule has 8 heteroatoms. The summed E-state index contributed by atoms with van der Waals surface area (Å²) in [6, 6.07) is 5.66. The number of ether oxygens (including phenoxy) is 1. The summed E-state index contributed by atoms with van der Waals surface area (Å²) in [5.74, 6) is 0. The van der Waals surface area contributed by atoms with Crippen LogP contribution in [-0.2, 0) is 4.74 Å². The first-order valence-corrected chi connectivity index (χ1v) is 9.61. The second-order valence-corrected chi connectivity index (χ2v) is 8.36. The molecule has 0 N–H and O–H groups in total. The third kappa shape index (κ3) is 3.94. The number of hydrogen-bond donors (Lipinski definition) is 0. The van der Waals surface area contributed by atoms with E-state index < -0.39 is 5.60 Å². The van der Waals surface area contributed by atoms with Crippen LogP contribution in [0.2, 0.25) is 5.15 Å². The summed E-state index contributed by atoms with van der Waals surface area (Å²) in [4.78, 5) is 22.8. The summed E-state index contributed by atoms with van der Waals surface area (Å²) >= 11 is 5.99. The van der Waals surface area contributed by atoms with Crippen LogP contribution in [0.1, 0.15) is 33.2 Å². The van der Waals surface area contributed by atoms with Gasteiger partial charge in [0.1, 0.15) is 10.8 Å². The van der Waals surface area contributed by atoms with Crippen molar-refractivity contribution < 1.29 is 9.53 Å². The minimum absolute atomic E-state index is 0.127. The van der Waals surface area contributed by atoms with Crippen LogP contribution in [0.4, 0.5) is 4.79 Å². The summed E-state index contributed by atoms with van der Waals surface area (Å²) in [6.07, 6.45) is 6.17. The number of rotatable bonds is 2. The molecule has 0 saturated carbocycles. The highest BCUT2D eigenvalue weighted by Crippen LogP contribution is 2.27. The summed E-state index contributed by atoms with van der Waals surface area (Å²) < 4.78 is 7.37. The molecular formula is C20H22ClN5O2. The van der Waals surface area contributed by atoms with E-state index in [1.165, 1.54) is 0 Å². The van der Waals surface area contributed by atoms with Crippen LogP contribution in [0.25, 0.3) is 22.2 Å². The quantitative estimate of drug-likeness (QED) is 0.599. The van der Waals surface area contributed by atoms with Crippen LogP contribution >= 0.6 is 11.6 Å². The molecular weight excluding hydrogens is 378 g/mol. The van der Waals surface area contributed by atoms with Gasteiger partial charge in [-0.2, -0.15) is 5.10 Å². The number of carbonyl (C=O) groups excluding carboxylic acids is 1. The Morgan fingerprint density at radius 1 is 1.21 bits per heavy atom. The molecule has 1 unspecified atom stereocenters. The Balaban J connectivity index is 1.50. The van der Waals surface area contributed by atoms with Crippen molar-refractivity contribution in [3.05, 3.63) is 41.9 Å². The zero-order valence-electron chi connectivity index (χ0n) is 16.1. The fourth-order valence-electron chi connectivity index (χ4n) is 3.28. The molecule has 1 fully saturated rings. The summed E-state index contributed by atoms with van der Waals surface area (Å²) in [7, 11) is 0. The van der Waals surface area contributed by atoms with E-state index in [-0.39, 0.29) is 12.1 Å². The summed E-state index contributed by atoms with van der Waals surface area (Å²) in [6.45, 7) is 6.87. The highest BCUT2D eigenvalue weighted by Gasteiger charge is 2.31. The monoisotopic (exact) mass is 399 g/mol. The third-order valence-electron chi connectivity index (χ3n) is 4.63. The van der Waals surface area contributed by atoms with E-state index in [0.29, 0.717) is 18.2 Å². The maximum Gasteiger partial charge on any atom is 0.410 e. The predicted molar refractivity (Wildman–Crippen MR) is 107 cm³/mol. The lowest BCUT2D eigenvalue weighted by Crippen LogP contribution is -2.35. The van der Waals surface area contributed by atoms with Gasteiger partial charge in [-0.25, -0.2) is 9.78 Å². The van der Waals surface area contributed by atoms with Crippen molar-refractivity contribution >= 4 is 28.7 Å². The van der Waals surface area contributed by atoms with Crippen LogP contribution in [0.3, 0.4) is 0 Å². The smallest absolute Gasteiger partial charge is 0.410 e. The number of likely N-dealkylation sites (tertiary alicyclic amines) is 1. The molecule has 4 rings (SSSR count). The van der Waals surface area contributed by atoms with Gasteiger partial charge in [-0.3, -0.25) is 9.67 Å². The molecule has 1 aliphatic heterocycles. The SMILES string of the molecule is CC(C)(C)OC(=O)N1CCC(n2cc(-c3cnc4ccc(Cl)nc4c3)cn2)C1. The fraction of sp³-hybridized carbons (Fsp3) is 0.400. The number of carbonyl (C=O) groups is 1. The molecule has 7 nitrogen and oxygen atoms in total. The molecule has 1 amide bonds. The van der Waals surface area contributed by atoms with E-state index in [1.807, 2.05) is 50.0 Å². The first-order chi connectivity index (χ1) is 13.3. The van der Waals surface area contributed by atoms with Crippen LogP contribution in [-0.4, -0.2) is 49.4 Å². The number of fused-ring (bicyclic) bond motifs is 1. The van der Waals surface area contributed by atoms with Gasteiger partial charge in [0, 0.05) is 36.6 Å². The van der Waals surface area contributed by atoms with Crippen molar-refractivity contribution in [1.29, 1.82) is 0 Å². The Kier molecular flexibility index (Phi) is 4.71. The molecule has 3 aromatic rings. The highest BCUT2D eigenvalue weighted by molar-refractivity contribution is 6.29. The van der Waals surface area contributed by atoms with Crippen LogP contribution in [0.5, 0.6) is 0 Å². The van der Waals surface area contributed by atoms with Crippen molar-refractivity contribution in [1.82, 2.24) is 24.6 Å². The van der Waals surface area contributed by atoms with Crippen molar-refractivity contribution in [3.63, 3.8) is 0 Å². The van der Waals surface area contributed by atoms with Crippen molar-refractivity contribution in [2.24, 2.45) is 0 Å². The predicted octanol–water partition coefficient (Wildman–Crippen LogP) is 4.33. The average molecular weight is 400 g/mol. The fourth-order valence-corrected chi connectivity index (χ4v) is 3.43. The second-order valence-electron chi connectivity index (χ2n) is 7.97. The normalized spacial score (nSPS) is 17.3. The highest BCUT2D eigenvalue weighted by atomic mass is 35.5. The average Bonchev–Trinajstić information content (AvgIpc) is 3.29. The van der Waals surface area contributed by atoms with E-state index >= 15 is 0 Å². The van der Waals surface area contributed by atoms with Gasteiger partial charge in [0.25, 0.3) is 0 Å². The maximum atomic E-state index is 12.3. The topological polar surface area (TPSA) is 73.1 Å². The molecule has 1 atom stereocenters. The van der Waals surface area contributed by atoms with E-state index in [9.17, 15) is 4.79 Å². The van der Waals surface area contributed by atoms with Crippen molar-refractivity contribution in [3.8, 4) is 11.1 Å². The van der Waals surface area contributed by atoms with Gasteiger partial charge in [0.05, 0.1) is 23.3 Å². The van der Waals surface area contributed by atoms with Crippen molar-refractivity contribution in [2.75, 3.05) is 13.1 Å². The number of hydrogen-bond acceptors (Lipinski definition) is 5. The molecule has 0 aliphatic carbocycles. The number of amides is 1. The van der Waals surface area contributed by atoms with Gasteiger partial charge < -0.3 is 9.64 Å². The molecule has 146 valence electrons. The Morgan fingerprint density at radius 2 is 2.04 bits per heavy atom. The standard InChI is InChI=1S/C20H22ClN5O2/c1-20(2,3)28-19(27)25-7-6-15(12-25)26-11-14(10-23-26)13-8-17-16(22-9-13)4-5-18(21)24-17/h4-5,8-11,15H,6-7,12H2,1-3H3. The zero-order valence-corrected chi connectivity index (χ0v) is 16.8. The maximum absolute atomic E-state index is 12.3. The molecule has 1 saturated heterocycles. The molecule has 3 aromatic heterocycles. The number of pyridine rings is 2. The number of halogens is 1. The summed E-state index contributed by atoms with van der Waals surface area (Å²) in [5, 5.41) is 4.94. The van der Waals surface area contributed by atoms with E-state index in [2.05, 4.69) is 15.1 Å². The molecule has 0 aromatic carbocycles. The first kappa shape index (κ1) is 18.7. The minimum atomic E-state index is -0.492. The minimum Gasteiger partial charge on any atom is -0.444 e. The van der Waals surface area contributed by atoms with Crippen LogP contribution in [0, 0.1) is 0 Å².